The average Bonchev–Trinajstić information content (AvgIpc) is 3.30. The predicted molar refractivity (Wildman–Crippen MR) is 283 cm³/mol. The van der Waals surface area contributed by atoms with E-state index < -0.39 is 16.1 Å². The Hall–Kier alpha value is -3.57. The van der Waals surface area contributed by atoms with Crippen LogP contribution in [0.1, 0.15) is 167 Å². The van der Waals surface area contributed by atoms with Crippen molar-refractivity contribution in [3.63, 3.8) is 0 Å². The second kappa shape index (κ2) is 30.7. The molecule has 65 heavy (non-hydrogen) atoms. The third-order valence-electron chi connectivity index (χ3n) is 13.2. The first-order chi connectivity index (χ1) is 31.6. The molecular formula is C56H90N4O3Si2. The molecule has 0 radical (unpaired) electrons. The van der Waals surface area contributed by atoms with Crippen molar-refractivity contribution in [1.29, 1.82) is 0 Å². The monoisotopic (exact) mass is 923 g/mol. The molecule has 0 amide bonds. The highest BCUT2D eigenvalue weighted by Gasteiger charge is 2.22. The Morgan fingerprint density at radius 2 is 0.738 bits per heavy atom. The van der Waals surface area contributed by atoms with Crippen LogP contribution in [0.25, 0.3) is 22.8 Å². The SMILES string of the molecule is CCCCCCCCOc1cnc(-c2ccc(Oc3ccc(-c4ncc(OCCCCCCCC)cn4)cc3CCC[Si](C)(C)CCCCC)c(CCC[Si](C)(C)CCCCC)c2)nc1. The Kier molecular flexibility index (Phi) is 25.5. The minimum Gasteiger partial charge on any atom is -0.490 e. The fourth-order valence-corrected chi connectivity index (χ4v) is 14.0. The van der Waals surface area contributed by atoms with E-state index in [-0.39, 0.29) is 0 Å². The van der Waals surface area contributed by atoms with Gasteiger partial charge in [-0.3, -0.25) is 0 Å². The number of hydrogen-bond acceptors (Lipinski definition) is 7. The number of rotatable bonds is 36. The fraction of sp³-hybridized carbons (Fsp3) is 0.643. The Morgan fingerprint density at radius 3 is 1.12 bits per heavy atom. The summed E-state index contributed by atoms with van der Waals surface area (Å²) in [4.78, 5) is 19.1. The molecule has 4 rings (SSSR count). The second-order valence-electron chi connectivity index (χ2n) is 20.4. The summed E-state index contributed by atoms with van der Waals surface area (Å²) in [6.07, 6.45) is 34.4. The lowest BCUT2D eigenvalue weighted by molar-refractivity contribution is 0.302. The number of ether oxygens (including phenoxy) is 3. The molecule has 2 heterocycles. The van der Waals surface area contributed by atoms with Crippen LogP contribution in [0.5, 0.6) is 23.0 Å². The van der Waals surface area contributed by atoms with Crippen molar-refractivity contribution in [2.24, 2.45) is 0 Å². The van der Waals surface area contributed by atoms with Gasteiger partial charge in [0.15, 0.2) is 23.1 Å². The van der Waals surface area contributed by atoms with E-state index in [1.54, 1.807) is 0 Å². The van der Waals surface area contributed by atoms with Crippen molar-refractivity contribution in [3.8, 4) is 45.8 Å². The molecule has 0 N–H and O–H groups in total. The highest BCUT2D eigenvalue weighted by atomic mass is 28.3. The smallest absolute Gasteiger partial charge is 0.159 e. The Labute approximate surface area is 399 Å². The molecule has 0 atom stereocenters. The van der Waals surface area contributed by atoms with Gasteiger partial charge in [-0.05, 0) is 73.2 Å². The van der Waals surface area contributed by atoms with E-state index in [4.69, 9.17) is 34.1 Å². The third-order valence-corrected chi connectivity index (χ3v) is 20.0. The zero-order valence-electron chi connectivity index (χ0n) is 42.6. The minimum absolute atomic E-state index is 0.707. The number of unbranched alkanes of at least 4 members (excludes halogenated alkanes) is 14. The van der Waals surface area contributed by atoms with E-state index in [9.17, 15) is 0 Å². The fourth-order valence-electron chi connectivity index (χ4n) is 8.84. The maximum atomic E-state index is 7.06. The molecule has 2 aromatic heterocycles. The molecule has 2 aromatic carbocycles. The molecule has 9 heteroatoms. The predicted octanol–water partition coefficient (Wildman–Crippen LogP) is 17.5. The largest absolute Gasteiger partial charge is 0.490 e. The average molecular weight is 924 g/mol. The molecule has 0 spiro atoms. The van der Waals surface area contributed by atoms with Crippen molar-refractivity contribution >= 4 is 16.1 Å². The molecule has 0 bridgehead atoms. The first-order valence-corrected chi connectivity index (χ1v) is 33.2. The van der Waals surface area contributed by atoms with Crippen LogP contribution in [0.3, 0.4) is 0 Å². The number of nitrogens with zero attached hydrogens (tertiary/aromatic N) is 4. The summed E-state index contributed by atoms with van der Waals surface area (Å²) in [5.74, 6) is 4.74. The number of aryl methyl sites for hydroxylation is 2. The summed E-state index contributed by atoms with van der Waals surface area (Å²) >= 11 is 0. The Balaban J connectivity index is 1.56. The molecule has 0 unspecified atom stereocenters. The van der Waals surface area contributed by atoms with Crippen molar-refractivity contribution in [2.45, 2.75) is 219 Å². The van der Waals surface area contributed by atoms with Gasteiger partial charge in [-0.25, -0.2) is 19.9 Å². The van der Waals surface area contributed by atoms with Crippen molar-refractivity contribution in [3.05, 3.63) is 72.3 Å². The van der Waals surface area contributed by atoms with Crippen LogP contribution in [-0.2, 0) is 12.8 Å². The Morgan fingerprint density at radius 1 is 0.400 bits per heavy atom. The second-order valence-corrected chi connectivity index (χ2v) is 31.1. The van der Waals surface area contributed by atoms with E-state index in [0.717, 1.165) is 72.6 Å². The van der Waals surface area contributed by atoms with Crippen LogP contribution in [0.4, 0.5) is 0 Å². The molecule has 0 saturated carbocycles. The summed E-state index contributed by atoms with van der Waals surface area (Å²) in [5, 5.41) is 0. The summed E-state index contributed by atoms with van der Waals surface area (Å²) in [6.45, 7) is 20.8. The van der Waals surface area contributed by atoms with E-state index in [0.29, 0.717) is 24.9 Å². The molecule has 0 fully saturated rings. The first kappa shape index (κ1) is 54.0. The molecule has 360 valence electrons. The van der Waals surface area contributed by atoms with Gasteiger partial charge < -0.3 is 14.2 Å². The van der Waals surface area contributed by atoms with Gasteiger partial charge in [0, 0.05) is 27.3 Å². The molecule has 7 nitrogen and oxygen atoms in total. The topological polar surface area (TPSA) is 79.2 Å². The minimum atomic E-state index is -1.30. The zero-order valence-corrected chi connectivity index (χ0v) is 44.6. The number of benzene rings is 2. The van der Waals surface area contributed by atoms with Crippen LogP contribution in [0.2, 0.25) is 50.4 Å². The molecule has 0 aliphatic rings. The van der Waals surface area contributed by atoms with Gasteiger partial charge in [0.2, 0.25) is 0 Å². The molecule has 4 aromatic rings. The third kappa shape index (κ3) is 21.3. The summed E-state index contributed by atoms with van der Waals surface area (Å²) in [6, 6.07) is 18.5. The molecule has 0 saturated heterocycles. The highest BCUT2D eigenvalue weighted by Crippen LogP contribution is 2.36. The number of hydrogen-bond donors (Lipinski definition) is 0. The van der Waals surface area contributed by atoms with E-state index in [1.165, 1.54) is 138 Å². The maximum Gasteiger partial charge on any atom is 0.159 e. The lowest BCUT2D eigenvalue weighted by atomic mass is 10.0. The Bertz CT molecular complexity index is 1730. The van der Waals surface area contributed by atoms with Gasteiger partial charge in [0.1, 0.15) is 11.5 Å². The lowest BCUT2D eigenvalue weighted by Crippen LogP contribution is -2.24. The molecule has 0 aliphatic heterocycles. The quantitative estimate of drug-likeness (QED) is 0.0332. The van der Waals surface area contributed by atoms with Crippen molar-refractivity contribution in [2.75, 3.05) is 13.2 Å². The summed E-state index contributed by atoms with van der Waals surface area (Å²) < 4.78 is 19.1. The van der Waals surface area contributed by atoms with Crippen molar-refractivity contribution < 1.29 is 14.2 Å². The van der Waals surface area contributed by atoms with Crippen LogP contribution in [0.15, 0.2) is 61.2 Å². The van der Waals surface area contributed by atoms with Gasteiger partial charge >= 0.3 is 0 Å². The molecule has 0 aliphatic carbocycles. The normalized spacial score (nSPS) is 11.9. The lowest BCUT2D eigenvalue weighted by Gasteiger charge is -2.23. The van der Waals surface area contributed by atoms with E-state index in [2.05, 4.69) is 90.3 Å². The van der Waals surface area contributed by atoms with Crippen LogP contribution in [0, 0.1) is 0 Å². The highest BCUT2D eigenvalue weighted by molar-refractivity contribution is 6.77. The van der Waals surface area contributed by atoms with Crippen LogP contribution >= 0.6 is 0 Å². The molecular weight excluding hydrogens is 833 g/mol. The van der Waals surface area contributed by atoms with Gasteiger partial charge in [-0.1, -0.05) is 194 Å². The van der Waals surface area contributed by atoms with Gasteiger partial charge in [-0.15, -0.1) is 0 Å². The van der Waals surface area contributed by atoms with Crippen molar-refractivity contribution in [1.82, 2.24) is 19.9 Å². The maximum absolute atomic E-state index is 7.06. The van der Waals surface area contributed by atoms with Gasteiger partial charge in [0.05, 0.1) is 38.0 Å². The van der Waals surface area contributed by atoms with Crippen LogP contribution in [-0.4, -0.2) is 49.3 Å². The zero-order chi connectivity index (χ0) is 46.6. The van der Waals surface area contributed by atoms with E-state index >= 15 is 0 Å². The van der Waals surface area contributed by atoms with Crippen LogP contribution < -0.4 is 14.2 Å². The summed E-state index contributed by atoms with van der Waals surface area (Å²) in [5.41, 5.74) is 4.45. The van der Waals surface area contributed by atoms with Gasteiger partial charge in [0.25, 0.3) is 0 Å². The van der Waals surface area contributed by atoms with Gasteiger partial charge in [-0.2, -0.15) is 0 Å². The first-order valence-electron chi connectivity index (χ1n) is 26.4. The standard InChI is InChI=1S/C56H90N4O3Si2/c1-9-13-17-19-21-23-35-61-51-43-57-55(58-44-51)49-31-33-53(47(41-49)29-27-39-64(5,6)37-25-15-11-3)63-54-34-32-50(42-48(54)30-28-40-65(7,8)38-26-16-12-4)56-59-45-52(46-60-56)62-36-24-22-20-18-14-10-2/h31-34,41-46H,9-30,35-40H2,1-8H3. The summed E-state index contributed by atoms with van der Waals surface area (Å²) in [7, 11) is -2.59. The number of aromatic nitrogens is 4. The van der Waals surface area contributed by atoms with E-state index in [1.807, 2.05) is 24.8 Å².